The summed E-state index contributed by atoms with van der Waals surface area (Å²) in [4.78, 5) is 0. The molecule has 1 aromatic heterocycles. The molecule has 1 rings (SSSR count). The number of nitrogens with zero attached hydrogens (tertiary/aromatic N) is 3. The van der Waals surface area contributed by atoms with Crippen molar-refractivity contribution in [1.82, 2.24) is 9.78 Å². The first kappa shape index (κ1) is 8.58. The highest BCUT2D eigenvalue weighted by atomic mass is 16.5. The van der Waals surface area contributed by atoms with Crippen molar-refractivity contribution < 1.29 is 9.94 Å². The molecule has 0 unspecified atom stereocenters. The molecule has 0 bridgehead atoms. The van der Waals surface area contributed by atoms with Crippen molar-refractivity contribution in [3.63, 3.8) is 0 Å². The maximum absolute atomic E-state index is 8.35. The van der Waals surface area contributed by atoms with E-state index in [0.717, 1.165) is 5.69 Å². The summed E-state index contributed by atoms with van der Waals surface area (Å²) in [5.41, 5.74) is 1.47. The first-order chi connectivity index (χ1) is 5.70. The number of aromatic nitrogens is 2. The molecule has 0 spiro atoms. The lowest BCUT2D eigenvalue weighted by atomic mass is 10.3. The predicted octanol–water partition coefficient (Wildman–Crippen LogP) is 0.545. The van der Waals surface area contributed by atoms with E-state index in [1.54, 1.807) is 18.8 Å². The van der Waals surface area contributed by atoms with Gasteiger partial charge in [-0.1, -0.05) is 5.16 Å². The minimum Gasteiger partial charge on any atom is -0.481 e. The van der Waals surface area contributed by atoms with E-state index in [1.165, 1.54) is 6.21 Å². The summed E-state index contributed by atoms with van der Waals surface area (Å²) >= 11 is 0. The quantitative estimate of drug-likeness (QED) is 0.399. The second-order valence-electron chi connectivity index (χ2n) is 2.38. The Morgan fingerprint density at radius 1 is 1.67 bits per heavy atom. The van der Waals surface area contributed by atoms with Gasteiger partial charge in [0.2, 0.25) is 5.88 Å². The summed E-state index contributed by atoms with van der Waals surface area (Å²) in [6.07, 6.45) is 1.31. The monoisotopic (exact) mass is 169 g/mol. The number of oxime groups is 1. The molecule has 0 atom stereocenters. The minimum absolute atomic E-state index is 0.588. The Hall–Kier alpha value is -1.52. The topological polar surface area (TPSA) is 59.6 Å². The van der Waals surface area contributed by atoms with Crippen molar-refractivity contribution in [2.24, 2.45) is 12.2 Å². The summed E-state index contributed by atoms with van der Waals surface area (Å²) in [6.45, 7) is 1.82. The zero-order valence-corrected chi connectivity index (χ0v) is 7.27. The lowest BCUT2D eigenvalue weighted by Gasteiger charge is -1.99. The number of hydrogen-bond acceptors (Lipinski definition) is 4. The lowest BCUT2D eigenvalue weighted by Crippen LogP contribution is -1.96. The van der Waals surface area contributed by atoms with E-state index in [0.29, 0.717) is 11.4 Å². The van der Waals surface area contributed by atoms with Crippen LogP contribution in [-0.2, 0) is 7.05 Å². The molecule has 0 aromatic carbocycles. The van der Waals surface area contributed by atoms with Crippen molar-refractivity contribution in [3.8, 4) is 5.88 Å². The molecule has 1 aromatic rings. The third-order valence-electron chi connectivity index (χ3n) is 1.59. The molecule has 1 N–H and O–H groups in total. The second kappa shape index (κ2) is 3.25. The largest absolute Gasteiger partial charge is 0.481 e. The maximum Gasteiger partial charge on any atom is 0.220 e. The van der Waals surface area contributed by atoms with Gasteiger partial charge in [0.1, 0.15) is 0 Å². The first-order valence-corrected chi connectivity index (χ1v) is 3.45. The Kier molecular flexibility index (Phi) is 2.32. The van der Waals surface area contributed by atoms with Gasteiger partial charge in [-0.15, -0.1) is 0 Å². The van der Waals surface area contributed by atoms with Crippen LogP contribution in [-0.4, -0.2) is 28.3 Å². The van der Waals surface area contributed by atoms with Crippen LogP contribution in [0.1, 0.15) is 11.3 Å². The number of methoxy groups -OCH3 is 1. The van der Waals surface area contributed by atoms with Gasteiger partial charge in [-0.2, -0.15) is 5.10 Å². The average molecular weight is 169 g/mol. The second-order valence-corrected chi connectivity index (χ2v) is 2.38. The minimum atomic E-state index is 0.588. The van der Waals surface area contributed by atoms with Gasteiger partial charge < -0.3 is 9.94 Å². The highest BCUT2D eigenvalue weighted by molar-refractivity contribution is 5.83. The number of ether oxygens (including phenoxy) is 1. The molecular weight excluding hydrogens is 158 g/mol. The van der Waals surface area contributed by atoms with Crippen molar-refractivity contribution in [3.05, 3.63) is 11.3 Å². The van der Waals surface area contributed by atoms with Crippen LogP contribution in [0.3, 0.4) is 0 Å². The summed E-state index contributed by atoms with van der Waals surface area (Å²) in [6, 6.07) is 0. The Morgan fingerprint density at radius 3 is 2.83 bits per heavy atom. The summed E-state index contributed by atoms with van der Waals surface area (Å²) in [7, 11) is 3.31. The molecule has 5 heteroatoms. The molecule has 0 aliphatic rings. The van der Waals surface area contributed by atoms with Crippen LogP contribution in [0, 0.1) is 6.92 Å². The van der Waals surface area contributed by atoms with E-state index in [9.17, 15) is 0 Å². The third kappa shape index (κ3) is 1.25. The summed E-state index contributed by atoms with van der Waals surface area (Å²) < 4.78 is 6.64. The Morgan fingerprint density at radius 2 is 2.33 bits per heavy atom. The molecule has 5 nitrogen and oxygen atoms in total. The fraction of sp³-hybridized carbons (Fsp3) is 0.429. The van der Waals surface area contributed by atoms with Crippen LogP contribution in [0.15, 0.2) is 5.16 Å². The molecule has 66 valence electrons. The molecule has 0 aliphatic heterocycles. The van der Waals surface area contributed by atoms with Gasteiger partial charge in [-0.05, 0) is 6.92 Å². The number of hydrogen-bond donors (Lipinski definition) is 1. The van der Waals surface area contributed by atoms with E-state index in [4.69, 9.17) is 9.94 Å². The van der Waals surface area contributed by atoms with Gasteiger partial charge >= 0.3 is 0 Å². The van der Waals surface area contributed by atoms with Crippen molar-refractivity contribution in [2.75, 3.05) is 7.11 Å². The van der Waals surface area contributed by atoms with Crippen LogP contribution in [0.5, 0.6) is 5.88 Å². The molecule has 12 heavy (non-hydrogen) atoms. The van der Waals surface area contributed by atoms with Gasteiger partial charge in [-0.25, -0.2) is 4.68 Å². The van der Waals surface area contributed by atoms with Crippen molar-refractivity contribution in [1.29, 1.82) is 0 Å². The van der Waals surface area contributed by atoms with E-state index in [-0.39, 0.29) is 0 Å². The fourth-order valence-corrected chi connectivity index (χ4v) is 1.10. The summed E-state index contributed by atoms with van der Waals surface area (Å²) in [5.74, 6) is 0.588. The molecule has 0 saturated heterocycles. The average Bonchev–Trinajstić information content (AvgIpc) is 2.28. The van der Waals surface area contributed by atoms with E-state index in [1.807, 2.05) is 6.92 Å². The Labute approximate surface area is 70.3 Å². The Balaban J connectivity index is 3.22. The van der Waals surface area contributed by atoms with Crippen LogP contribution in [0.2, 0.25) is 0 Å². The van der Waals surface area contributed by atoms with E-state index < -0.39 is 0 Å². The fourth-order valence-electron chi connectivity index (χ4n) is 1.10. The smallest absolute Gasteiger partial charge is 0.220 e. The van der Waals surface area contributed by atoms with Crippen LogP contribution in [0.4, 0.5) is 0 Å². The molecule has 0 amide bonds. The van der Waals surface area contributed by atoms with Crippen LogP contribution >= 0.6 is 0 Å². The lowest BCUT2D eigenvalue weighted by molar-refractivity contribution is 0.321. The first-order valence-electron chi connectivity index (χ1n) is 3.45. The molecule has 0 aliphatic carbocycles. The maximum atomic E-state index is 8.35. The third-order valence-corrected chi connectivity index (χ3v) is 1.59. The van der Waals surface area contributed by atoms with Gasteiger partial charge in [0.25, 0.3) is 0 Å². The molecule has 0 radical (unpaired) electrons. The molecule has 0 saturated carbocycles. The summed E-state index contributed by atoms with van der Waals surface area (Å²) in [5, 5.41) is 15.4. The van der Waals surface area contributed by atoms with Gasteiger partial charge in [0.05, 0.1) is 24.6 Å². The van der Waals surface area contributed by atoms with Crippen LogP contribution in [0.25, 0.3) is 0 Å². The SMILES string of the molecule is COc1c(C=NO)c(C)nn1C. The van der Waals surface area contributed by atoms with Crippen molar-refractivity contribution >= 4 is 6.21 Å². The predicted molar refractivity (Wildman–Crippen MR) is 43.9 cm³/mol. The van der Waals surface area contributed by atoms with Gasteiger partial charge in [0, 0.05) is 7.05 Å². The highest BCUT2D eigenvalue weighted by Crippen LogP contribution is 2.17. The molecule has 1 heterocycles. The Bertz CT molecular complexity index is 304. The van der Waals surface area contributed by atoms with E-state index in [2.05, 4.69) is 10.3 Å². The number of rotatable bonds is 2. The number of aryl methyl sites for hydroxylation is 2. The van der Waals surface area contributed by atoms with E-state index >= 15 is 0 Å². The van der Waals surface area contributed by atoms with Crippen LogP contribution < -0.4 is 4.74 Å². The molecule has 0 fully saturated rings. The van der Waals surface area contributed by atoms with Gasteiger partial charge in [0.15, 0.2) is 0 Å². The van der Waals surface area contributed by atoms with Gasteiger partial charge in [-0.3, -0.25) is 0 Å². The normalized spacial score (nSPS) is 10.9. The van der Waals surface area contributed by atoms with Crippen molar-refractivity contribution in [2.45, 2.75) is 6.92 Å². The molecular formula is C7H11N3O2. The highest BCUT2D eigenvalue weighted by Gasteiger charge is 2.10. The zero-order chi connectivity index (χ0) is 9.14. The zero-order valence-electron chi connectivity index (χ0n) is 7.27. The standard InChI is InChI=1S/C7H11N3O2/c1-5-6(4-8-11)7(12-3)10(2)9-5/h4,11H,1-3H3.